The van der Waals surface area contributed by atoms with Gasteiger partial charge in [-0.3, -0.25) is 4.79 Å². The molecule has 0 radical (unpaired) electrons. The molecule has 1 aromatic carbocycles. The van der Waals surface area contributed by atoms with E-state index in [0.29, 0.717) is 0 Å². The molecule has 0 spiro atoms. The van der Waals surface area contributed by atoms with Crippen molar-refractivity contribution in [2.45, 2.75) is 57.9 Å². The van der Waals surface area contributed by atoms with E-state index in [0.717, 1.165) is 25.7 Å². The van der Waals surface area contributed by atoms with Crippen LogP contribution in [0.5, 0.6) is 0 Å². The first-order valence-corrected chi connectivity index (χ1v) is 7.64. The van der Waals surface area contributed by atoms with Crippen molar-refractivity contribution in [2.24, 2.45) is 5.92 Å². The normalized spacial score (nSPS) is 17.9. The van der Waals surface area contributed by atoms with Crippen LogP contribution in [0, 0.1) is 5.92 Å². The van der Waals surface area contributed by atoms with E-state index in [-0.39, 0.29) is 17.9 Å². The summed E-state index contributed by atoms with van der Waals surface area (Å²) in [6, 6.07) is 10.7. The molecule has 0 saturated heterocycles. The van der Waals surface area contributed by atoms with Gasteiger partial charge in [0.25, 0.3) is 0 Å². The number of rotatable bonds is 5. The highest BCUT2D eigenvalue weighted by molar-refractivity contribution is 5.79. The number of nitrogens with one attached hydrogen (secondary N) is 1. The zero-order valence-electron chi connectivity index (χ0n) is 11.9. The van der Waals surface area contributed by atoms with Crippen LogP contribution in [0.15, 0.2) is 30.3 Å². The molecule has 0 aliphatic heterocycles. The van der Waals surface area contributed by atoms with Crippen molar-refractivity contribution in [3.8, 4) is 0 Å². The number of hydrogen-bond acceptors (Lipinski definition) is 1. The first-order valence-electron chi connectivity index (χ1n) is 7.64. The standard InChI is InChI=1S/C17H25NO/c1-2-16(13-14-9-5-3-6-10-14)18-17(19)15-11-7-4-8-12-15/h3,5-6,9-10,15-16H,2,4,7-8,11-13H2,1H3,(H,18,19)/t16-/m0/s1. The molecule has 19 heavy (non-hydrogen) atoms. The van der Waals surface area contributed by atoms with Crippen molar-refractivity contribution in [2.75, 3.05) is 0 Å². The van der Waals surface area contributed by atoms with Crippen LogP contribution in [0.4, 0.5) is 0 Å². The molecule has 0 bridgehead atoms. The first-order chi connectivity index (χ1) is 9.29. The van der Waals surface area contributed by atoms with Crippen LogP contribution < -0.4 is 5.32 Å². The van der Waals surface area contributed by atoms with Gasteiger partial charge in [0.2, 0.25) is 5.91 Å². The van der Waals surface area contributed by atoms with Crippen molar-refractivity contribution >= 4 is 5.91 Å². The van der Waals surface area contributed by atoms with E-state index in [4.69, 9.17) is 0 Å². The summed E-state index contributed by atoms with van der Waals surface area (Å²) < 4.78 is 0. The molecule has 1 aromatic rings. The highest BCUT2D eigenvalue weighted by Crippen LogP contribution is 2.24. The monoisotopic (exact) mass is 259 g/mol. The third-order valence-corrected chi connectivity index (χ3v) is 4.14. The Kier molecular flexibility index (Phi) is 5.44. The minimum absolute atomic E-state index is 0.263. The van der Waals surface area contributed by atoms with Gasteiger partial charge in [0.05, 0.1) is 0 Å². The van der Waals surface area contributed by atoms with E-state index in [2.05, 4.69) is 36.5 Å². The molecular formula is C17H25NO. The van der Waals surface area contributed by atoms with Gasteiger partial charge in [0.1, 0.15) is 0 Å². The van der Waals surface area contributed by atoms with Crippen LogP contribution in [0.3, 0.4) is 0 Å². The molecule has 0 heterocycles. The maximum atomic E-state index is 12.2. The van der Waals surface area contributed by atoms with E-state index in [9.17, 15) is 4.79 Å². The van der Waals surface area contributed by atoms with Gasteiger partial charge in [-0.1, -0.05) is 56.5 Å². The average Bonchev–Trinajstić information content (AvgIpc) is 2.48. The Morgan fingerprint density at radius 1 is 1.21 bits per heavy atom. The van der Waals surface area contributed by atoms with E-state index in [1.807, 2.05) is 6.07 Å². The van der Waals surface area contributed by atoms with Gasteiger partial charge < -0.3 is 5.32 Å². The topological polar surface area (TPSA) is 29.1 Å². The Labute approximate surface area is 116 Å². The molecule has 2 rings (SSSR count). The summed E-state index contributed by atoms with van der Waals surface area (Å²) in [7, 11) is 0. The van der Waals surface area contributed by atoms with Gasteiger partial charge in [-0.15, -0.1) is 0 Å². The van der Waals surface area contributed by atoms with Crippen molar-refractivity contribution in [1.82, 2.24) is 5.32 Å². The number of carbonyl (C=O) groups excluding carboxylic acids is 1. The maximum Gasteiger partial charge on any atom is 0.223 e. The molecule has 1 N–H and O–H groups in total. The molecule has 1 aliphatic carbocycles. The summed E-state index contributed by atoms with van der Waals surface area (Å²) in [5, 5.41) is 3.25. The molecular weight excluding hydrogens is 234 g/mol. The fourth-order valence-corrected chi connectivity index (χ4v) is 2.88. The summed E-state index contributed by atoms with van der Waals surface area (Å²) in [6.45, 7) is 2.15. The van der Waals surface area contributed by atoms with Gasteiger partial charge in [0, 0.05) is 12.0 Å². The van der Waals surface area contributed by atoms with E-state index in [1.165, 1.54) is 24.8 Å². The average molecular weight is 259 g/mol. The van der Waals surface area contributed by atoms with Crippen molar-refractivity contribution in [1.29, 1.82) is 0 Å². The summed E-state index contributed by atoms with van der Waals surface area (Å²) >= 11 is 0. The van der Waals surface area contributed by atoms with Gasteiger partial charge in [0.15, 0.2) is 0 Å². The Bertz CT molecular complexity index is 382. The smallest absolute Gasteiger partial charge is 0.223 e. The Morgan fingerprint density at radius 2 is 1.89 bits per heavy atom. The highest BCUT2D eigenvalue weighted by Gasteiger charge is 2.22. The lowest BCUT2D eigenvalue weighted by molar-refractivity contribution is -0.126. The molecule has 2 nitrogen and oxygen atoms in total. The second kappa shape index (κ2) is 7.32. The first kappa shape index (κ1) is 14.1. The summed E-state index contributed by atoms with van der Waals surface area (Å²) in [6.07, 6.45) is 7.82. The zero-order chi connectivity index (χ0) is 13.5. The Hall–Kier alpha value is -1.31. The fourth-order valence-electron chi connectivity index (χ4n) is 2.88. The summed E-state index contributed by atoms with van der Waals surface area (Å²) in [5.41, 5.74) is 1.30. The zero-order valence-corrected chi connectivity index (χ0v) is 11.9. The number of carbonyl (C=O) groups is 1. The summed E-state index contributed by atoms with van der Waals surface area (Å²) in [4.78, 5) is 12.2. The predicted octanol–water partition coefficient (Wildman–Crippen LogP) is 3.70. The quantitative estimate of drug-likeness (QED) is 0.858. The SMILES string of the molecule is CC[C@@H](Cc1ccccc1)NC(=O)C1CCCCC1. The van der Waals surface area contributed by atoms with E-state index < -0.39 is 0 Å². The molecule has 1 aliphatic rings. The largest absolute Gasteiger partial charge is 0.353 e. The fraction of sp³-hybridized carbons (Fsp3) is 0.588. The van der Waals surface area contributed by atoms with Gasteiger partial charge >= 0.3 is 0 Å². The van der Waals surface area contributed by atoms with Gasteiger partial charge in [-0.2, -0.15) is 0 Å². The van der Waals surface area contributed by atoms with Crippen molar-refractivity contribution in [3.05, 3.63) is 35.9 Å². The van der Waals surface area contributed by atoms with Crippen LogP contribution in [0.1, 0.15) is 51.0 Å². The molecule has 1 fully saturated rings. The molecule has 0 unspecified atom stereocenters. The van der Waals surface area contributed by atoms with E-state index >= 15 is 0 Å². The molecule has 104 valence electrons. The van der Waals surface area contributed by atoms with Crippen LogP contribution >= 0.6 is 0 Å². The van der Waals surface area contributed by atoms with Gasteiger partial charge in [-0.05, 0) is 31.2 Å². The van der Waals surface area contributed by atoms with Crippen molar-refractivity contribution < 1.29 is 4.79 Å². The third kappa shape index (κ3) is 4.38. The lowest BCUT2D eigenvalue weighted by Crippen LogP contribution is -2.40. The minimum atomic E-state index is 0.263. The summed E-state index contributed by atoms with van der Waals surface area (Å²) in [5.74, 6) is 0.543. The number of amides is 1. The lowest BCUT2D eigenvalue weighted by Gasteiger charge is -2.24. The number of benzene rings is 1. The van der Waals surface area contributed by atoms with E-state index in [1.54, 1.807) is 0 Å². The Balaban J connectivity index is 1.86. The maximum absolute atomic E-state index is 12.2. The molecule has 1 amide bonds. The second-order valence-corrected chi connectivity index (χ2v) is 5.64. The molecule has 0 aromatic heterocycles. The van der Waals surface area contributed by atoms with Crippen molar-refractivity contribution in [3.63, 3.8) is 0 Å². The molecule has 1 atom stereocenters. The highest BCUT2D eigenvalue weighted by atomic mass is 16.1. The minimum Gasteiger partial charge on any atom is -0.353 e. The van der Waals surface area contributed by atoms with Gasteiger partial charge in [-0.25, -0.2) is 0 Å². The Morgan fingerprint density at radius 3 is 2.53 bits per heavy atom. The molecule has 1 saturated carbocycles. The predicted molar refractivity (Wildman–Crippen MR) is 78.9 cm³/mol. The third-order valence-electron chi connectivity index (χ3n) is 4.14. The van der Waals surface area contributed by atoms with Crippen LogP contribution in [0.25, 0.3) is 0 Å². The lowest BCUT2D eigenvalue weighted by atomic mass is 9.88. The second-order valence-electron chi connectivity index (χ2n) is 5.64. The molecule has 2 heteroatoms. The number of hydrogen-bond donors (Lipinski definition) is 1. The van der Waals surface area contributed by atoms with Crippen LogP contribution in [0.2, 0.25) is 0 Å². The van der Waals surface area contributed by atoms with Crippen LogP contribution in [-0.2, 0) is 11.2 Å². The van der Waals surface area contributed by atoms with Crippen LogP contribution in [-0.4, -0.2) is 11.9 Å².